The van der Waals surface area contributed by atoms with Gasteiger partial charge in [0.15, 0.2) is 0 Å². The van der Waals surface area contributed by atoms with Crippen molar-refractivity contribution in [2.45, 2.75) is 0 Å². The number of benzene rings is 4. The Labute approximate surface area is 164 Å². The third-order valence-corrected chi connectivity index (χ3v) is 6.06. The lowest BCUT2D eigenvalue weighted by Crippen LogP contribution is -2.14. The van der Waals surface area contributed by atoms with Crippen molar-refractivity contribution >= 4 is 12.9 Å². The smallest absolute Gasteiger partial charge is 0.413 e. The van der Waals surface area contributed by atoms with E-state index >= 15 is 0 Å². The molecule has 0 unspecified atom stereocenters. The first kappa shape index (κ1) is 18.1. The van der Waals surface area contributed by atoms with Gasteiger partial charge in [-0.3, -0.25) is 0 Å². The monoisotopic (exact) mass is 386 g/mol. The third-order valence-electron chi connectivity index (χ3n) is 4.23. The molecule has 0 radical (unpaired) electrons. The number of para-hydroxylation sites is 2. The van der Waals surface area contributed by atoms with Crippen LogP contribution in [0.3, 0.4) is 0 Å². The van der Waals surface area contributed by atoms with Crippen LogP contribution in [0.2, 0.25) is 0 Å². The van der Waals surface area contributed by atoms with Crippen LogP contribution < -0.4 is 14.4 Å². The van der Waals surface area contributed by atoms with Gasteiger partial charge in [-0.2, -0.15) is 0 Å². The second-order valence-corrected chi connectivity index (χ2v) is 8.10. The van der Waals surface area contributed by atoms with Crippen LogP contribution in [0.4, 0.5) is 0 Å². The summed E-state index contributed by atoms with van der Waals surface area (Å²) in [5.41, 5.74) is 2.13. The van der Waals surface area contributed by atoms with Gasteiger partial charge < -0.3 is 9.05 Å². The summed E-state index contributed by atoms with van der Waals surface area (Å²) in [4.78, 5) is 0. The van der Waals surface area contributed by atoms with Crippen LogP contribution >= 0.6 is 7.60 Å². The van der Waals surface area contributed by atoms with Crippen LogP contribution in [0.1, 0.15) is 0 Å². The normalized spacial score (nSPS) is 11.0. The van der Waals surface area contributed by atoms with E-state index in [0.717, 1.165) is 11.1 Å². The molecule has 0 aliphatic carbocycles. The fraction of sp³-hybridized carbons (Fsp3) is 0. The highest BCUT2D eigenvalue weighted by Gasteiger charge is 2.31. The summed E-state index contributed by atoms with van der Waals surface area (Å²) in [5.74, 6) is 0.989. The average molecular weight is 386 g/mol. The van der Waals surface area contributed by atoms with E-state index in [4.69, 9.17) is 9.05 Å². The highest BCUT2D eigenvalue weighted by atomic mass is 31.2. The molecule has 0 bridgehead atoms. The van der Waals surface area contributed by atoms with Gasteiger partial charge in [0.05, 0.1) is 5.30 Å². The van der Waals surface area contributed by atoms with E-state index in [2.05, 4.69) is 0 Å². The quantitative estimate of drug-likeness (QED) is 0.363. The molecule has 0 saturated carbocycles. The van der Waals surface area contributed by atoms with Crippen LogP contribution in [-0.2, 0) is 4.57 Å². The molecule has 0 heterocycles. The Balaban J connectivity index is 1.69. The van der Waals surface area contributed by atoms with Crippen LogP contribution in [0.15, 0.2) is 115 Å². The second kappa shape index (κ2) is 8.16. The molecule has 0 aromatic heterocycles. The minimum Gasteiger partial charge on any atom is -0.413 e. The Bertz CT molecular complexity index is 1020. The number of rotatable bonds is 6. The molecular weight excluding hydrogens is 367 g/mol. The summed E-state index contributed by atoms with van der Waals surface area (Å²) in [7, 11) is -3.63. The summed E-state index contributed by atoms with van der Waals surface area (Å²) in [6.07, 6.45) is 0. The minimum absolute atomic E-state index is 0.494. The average Bonchev–Trinajstić information content (AvgIpc) is 2.76. The van der Waals surface area contributed by atoms with Crippen LogP contribution in [-0.4, -0.2) is 0 Å². The Morgan fingerprint density at radius 1 is 0.464 bits per heavy atom. The molecule has 3 nitrogen and oxygen atoms in total. The standard InChI is InChI=1S/C24H19O3P/c25-28(26-22-12-6-2-7-13-22,27-23-14-8-3-9-15-23)24-18-16-21(17-19-24)20-10-4-1-5-11-20/h1-19H. The third kappa shape index (κ3) is 4.16. The highest BCUT2D eigenvalue weighted by Crippen LogP contribution is 2.47. The lowest BCUT2D eigenvalue weighted by Gasteiger charge is -2.20. The van der Waals surface area contributed by atoms with E-state index in [1.165, 1.54) is 0 Å². The summed E-state index contributed by atoms with van der Waals surface area (Å²) < 4.78 is 25.5. The van der Waals surface area contributed by atoms with Crippen molar-refractivity contribution in [3.8, 4) is 22.6 Å². The molecule has 4 heteroatoms. The summed E-state index contributed by atoms with van der Waals surface area (Å²) in [5, 5.41) is 0.500. The SMILES string of the molecule is O=P(Oc1ccccc1)(Oc1ccccc1)c1ccc(-c2ccccc2)cc1. The maximum atomic E-state index is 13.8. The van der Waals surface area contributed by atoms with E-state index in [1.807, 2.05) is 78.9 Å². The lowest BCUT2D eigenvalue weighted by atomic mass is 10.1. The van der Waals surface area contributed by atoms with E-state index in [0.29, 0.717) is 16.8 Å². The van der Waals surface area contributed by atoms with E-state index in [1.54, 1.807) is 36.4 Å². The fourth-order valence-electron chi connectivity index (χ4n) is 2.83. The number of hydrogen-bond acceptors (Lipinski definition) is 3. The first-order valence-corrected chi connectivity index (χ1v) is 10.5. The highest BCUT2D eigenvalue weighted by molar-refractivity contribution is 7.63. The van der Waals surface area contributed by atoms with E-state index < -0.39 is 7.60 Å². The molecule has 0 atom stereocenters. The topological polar surface area (TPSA) is 35.5 Å². The van der Waals surface area contributed by atoms with Crippen molar-refractivity contribution in [2.75, 3.05) is 0 Å². The predicted octanol–water partition coefficient (Wildman–Crippen LogP) is 6.33. The molecule has 4 aromatic rings. The second-order valence-electron chi connectivity index (χ2n) is 6.22. The van der Waals surface area contributed by atoms with E-state index in [-0.39, 0.29) is 0 Å². The van der Waals surface area contributed by atoms with Crippen molar-refractivity contribution in [2.24, 2.45) is 0 Å². The molecule has 0 spiro atoms. The molecule has 28 heavy (non-hydrogen) atoms. The Morgan fingerprint density at radius 2 is 0.857 bits per heavy atom. The van der Waals surface area contributed by atoms with Gasteiger partial charge in [0.1, 0.15) is 11.5 Å². The van der Waals surface area contributed by atoms with Gasteiger partial charge in [0.2, 0.25) is 0 Å². The van der Waals surface area contributed by atoms with Crippen molar-refractivity contribution in [1.82, 2.24) is 0 Å². The van der Waals surface area contributed by atoms with Crippen molar-refractivity contribution in [3.05, 3.63) is 115 Å². The van der Waals surface area contributed by atoms with Crippen LogP contribution in [0, 0.1) is 0 Å². The number of hydrogen-bond donors (Lipinski definition) is 0. The Kier molecular flexibility index (Phi) is 5.27. The van der Waals surface area contributed by atoms with Crippen molar-refractivity contribution in [3.63, 3.8) is 0 Å². The van der Waals surface area contributed by atoms with Gasteiger partial charge in [-0.25, -0.2) is 4.57 Å². The molecule has 4 rings (SSSR count). The maximum Gasteiger partial charge on any atom is 0.462 e. The Morgan fingerprint density at radius 3 is 1.32 bits per heavy atom. The molecule has 0 aliphatic rings. The van der Waals surface area contributed by atoms with Crippen molar-refractivity contribution in [1.29, 1.82) is 0 Å². The molecule has 0 amide bonds. The van der Waals surface area contributed by atoms with Gasteiger partial charge in [-0.05, 0) is 47.5 Å². The predicted molar refractivity (Wildman–Crippen MR) is 113 cm³/mol. The van der Waals surface area contributed by atoms with Crippen LogP contribution in [0.5, 0.6) is 11.5 Å². The molecule has 0 aliphatic heterocycles. The zero-order valence-electron chi connectivity index (χ0n) is 15.1. The zero-order chi connectivity index (χ0) is 19.2. The molecular formula is C24H19O3P. The molecule has 4 aromatic carbocycles. The zero-order valence-corrected chi connectivity index (χ0v) is 16.0. The lowest BCUT2D eigenvalue weighted by molar-refractivity contribution is 0.399. The van der Waals surface area contributed by atoms with Crippen molar-refractivity contribution < 1.29 is 13.6 Å². The largest absolute Gasteiger partial charge is 0.462 e. The van der Waals surface area contributed by atoms with Gasteiger partial charge in [-0.15, -0.1) is 0 Å². The summed E-state index contributed by atoms with van der Waals surface area (Å²) in [6.45, 7) is 0. The summed E-state index contributed by atoms with van der Waals surface area (Å²) >= 11 is 0. The molecule has 138 valence electrons. The molecule has 0 saturated heterocycles. The molecule has 0 N–H and O–H groups in total. The summed E-state index contributed by atoms with van der Waals surface area (Å²) in [6, 6.07) is 35.6. The van der Waals surface area contributed by atoms with Crippen LogP contribution in [0.25, 0.3) is 11.1 Å². The van der Waals surface area contributed by atoms with Gasteiger partial charge in [0.25, 0.3) is 0 Å². The maximum absolute atomic E-state index is 13.8. The van der Waals surface area contributed by atoms with Gasteiger partial charge >= 0.3 is 7.60 Å². The minimum atomic E-state index is -3.63. The molecule has 0 fully saturated rings. The Hall–Kier alpha value is -3.29. The fourth-order valence-corrected chi connectivity index (χ4v) is 4.39. The first-order valence-electron chi connectivity index (χ1n) is 8.98. The van der Waals surface area contributed by atoms with Gasteiger partial charge in [-0.1, -0.05) is 78.9 Å². The van der Waals surface area contributed by atoms with Gasteiger partial charge in [0, 0.05) is 0 Å². The first-order chi connectivity index (χ1) is 13.7. The van der Waals surface area contributed by atoms with E-state index in [9.17, 15) is 4.57 Å².